The monoisotopic (exact) mass is 404 g/mol. The molecule has 0 spiro atoms. The van der Waals surface area contributed by atoms with Crippen LogP contribution in [-0.4, -0.2) is 37.9 Å². The van der Waals surface area contributed by atoms with E-state index in [0.29, 0.717) is 5.69 Å². The van der Waals surface area contributed by atoms with Gasteiger partial charge in [-0.25, -0.2) is 8.42 Å². The fourth-order valence-electron chi connectivity index (χ4n) is 1.98. The van der Waals surface area contributed by atoms with Crippen molar-refractivity contribution >= 4 is 44.6 Å². The van der Waals surface area contributed by atoms with Gasteiger partial charge in [0.05, 0.1) is 39.0 Å². The van der Waals surface area contributed by atoms with E-state index < -0.39 is 22.7 Å². The van der Waals surface area contributed by atoms with Crippen molar-refractivity contribution in [1.82, 2.24) is 0 Å². The summed E-state index contributed by atoms with van der Waals surface area (Å²) >= 11 is 12.1. The molecule has 1 atom stereocenters. The van der Waals surface area contributed by atoms with Crippen LogP contribution in [0.15, 0.2) is 41.3 Å². The van der Waals surface area contributed by atoms with E-state index in [1.807, 2.05) is 6.92 Å². The lowest BCUT2D eigenvalue weighted by Crippen LogP contribution is -2.23. The zero-order chi connectivity index (χ0) is 18.6. The lowest BCUT2D eigenvalue weighted by molar-refractivity contribution is 0.105. The van der Waals surface area contributed by atoms with Gasteiger partial charge in [0.1, 0.15) is 0 Å². The summed E-state index contributed by atoms with van der Waals surface area (Å²) in [5, 5.41) is 21.5. The maximum Gasteiger partial charge on any atom is 0.261 e. The highest BCUT2D eigenvalue weighted by molar-refractivity contribution is 7.92. The molecule has 2 aromatic rings. The molecule has 0 aliphatic rings. The van der Waals surface area contributed by atoms with Gasteiger partial charge in [-0.15, -0.1) is 0 Å². The van der Waals surface area contributed by atoms with Crippen LogP contribution in [0.5, 0.6) is 0 Å². The second kappa shape index (κ2) is 8.25. The maximum absolute atomic E-state index is 12.5. The number of aliphatic hydroxyl groups is 2. The van der Waals surface area contributed by atoms with Crippen LogP contribution >= 0.6 is 23.2 Å². The van der Waals surface area contributed by atoms with E-state index in [1.54, 1.807) is 12.1 Å². The summed E-state index contributed by atoms with van der Waals surface area (Å²) in [5.41, 5.74) is 1.46. The number of hydrogen-bond donors (Lipinski definition) is 4. The number of sulfonamides is 1. The zero-order valence-corrected chi connectivity index (χ0v) is 15.7. The van der Waals surface area contributed by atoms with Crippen LogP contribution < -0.4 is 10.0 Å². The van der Waals surface area contributed by atoms with Crippen molar-refractivity contribution in [3.63, 3.8) is 0 Å². The van der Waals surface area contributed by atoms with Crippen molar-refractivity contribution in [2.75, 3.05) is 23.2 Å². The van der Waals surface area contributed by atoms with E-state index in [9.17, 15) is 13.5 Å². The topological polar surface area (TPSA) is 98.7 Å². The summed E-state index contributed by atoms with van der Waals surface area (Å²) in [6.45, 7) is 1.49. The summed E-state index contributed by atoms with van der Waals surface area (Å²) in [4.78, 5) is 0.106. The first-order chi connectivity index (χ1) is 11.7. The fraction of sp³-hybridized carbons (Fsp3) is 0.250. The van der Waals surface area contributed by atoms with Crippen LogP contribution in [0, 0.1) is 6.92 Å². The van der Waals surface area contributed by atoms with E-state index in [0.717, 1.165) is 5.56 Å². The highest BCUT2D eigenvalue weighted by atomic mass is 35.5. The average molecular weight is 405 g/mol. The first-order valence-electron chi connectivity index (χ1n) is 7.34. The molecule has 0 aliphatic carbocycles. The molecular formula is C16H18Cl2N2O4S. The highest BCUT2D eigenvalue weighted by Gasteiger charge is 2.17. The minimum Gasteiger partial charge on any atom is -0.394 e. The number of halogens is 2. The zero-order valence-electron chi connectivity index (χ0n) is 13.3. The molecule has 0 saturated carbocycles. The Hall–Kier alpha value is -1.51. The molecule has 9 heteroatoms. The number of nitrogens with one attached hydrogen (secondary N) is 2. The van der Waals surface area contributed by atoms with Crippen molar-refractivity contribution in [1.29, 1.82) is 0 Å². The molecule has 25 heavy (non-hydrogen) atoms. The molecule has 0 saturated heterocycles. The van der Waals surface area contributed by atoms with Gasteiger partial charge in [-0.05, 0) is 31.2 Å². The Morgan fingerprint density at radius 3 is 2.28 bits per heavy atom. The quantitative estimate of drug-likeness (QED) is 0.568. The minimum absolute atomic E-state index is 0.0437. The third kappa shape index (κ3) is 5.23. The molecule has 0 bridgehead atoms. The Labute approximate surface area is 156 Å². The van der Waals surface area contributed by atoms with Crippen molar-refractivity contribution in [2.24, 2.45) is 0 Å². The normalized spacial score (nSPS) is 12.7. The van der Waals surface area contributed by atoms with Gasteiger partial charge in [0.2, 0.25) is 0 Å². The number of anilines is 2. The first-order valence-corrected chi connectivity index (χ1v) is 9.58. The molecule has 136 valence electrons. The second-order valence-electron chi connectivity index (χ2n) is 5.45. The van der Waals surface area contributed by atoms with Crippen LogP contribution in [0.3, 0.4) is 0 Å². The van der Waals surface area contributed by atoms with E-state index in [-0.39, 0.29) is 27.2 Å². The number of rotatable bonds is 7. The van der Waals surface area contributed by atoms with Gasteiger partial charge in [-0.2, -0.15) is 0 Å². The lowest BCUT2D eigenvalue weighted by atomic mass is 10.2. The van der Waals surface area contributed by atoms with Crippen molar-refractivity contribution < 1.29 is 18.6 Å². The maximum atomic E-state index is 12.5. The second-order valence-corrected chi connectivity index (χ2v) is 7.94. The number of aryl methyl sites for hydroxylation is 1. The highest BCUT2D eigenvalue weighted by Crippen LogP contribution is 2.34. The van der Waals surface area contributed by atoms with E-state index >= 15 is 0 Å². The number of benzene rings is 2. The molecule has 0 heterocycles. The largest absolute Gasteiger partial charge is 0.394 e. The Morgan fingerprint density at radius 2 is 1.68 bits per heavy atom. The SMILES string of the molecule is Cc1ccc(S(=O)(=O)Nc2cc(NCC(O)CO)c(Cl)cc2Cl)cc1. The van der Waals surface area contributed by atoms with Crippen LogP contribution in [0.25, 0.3) is 0 Å². The molecule has 1 unspecified atom stereocenters. The van der Waals surface area contributed by atoms with Crippen LogP contribution in [0.4, 0.5) is 11.4 Å². The number of hydrogen-bond acceptors (Lipinski definition) is 5. The first kappa shape index (κ1) is 19.8. The molecule has 0 aromatic heterocycles. The molecule has 2 rings (SSSR count). The molecule has 0 aliphatic heterocycles. The standard InChI is InChI=1S/C16H18Cl2N2O4S/c1-10-2-4-12(5-3-10)25(23,24)20-16-7-15(13(17)6-14(16)18)19-8-11(22)9-21/h2-7,11,19-22H,8-9H2,1H3. The summed E-state index contributed by atoms with van der Waals surface area (Å²) in [7, 11) is -3.81. The van der Waals surface area contributed by atoms with Crippen molar-refractivity contribution in [2.45, 2.75) is 17.9 Å². The molecule has 4 N–H and O–H groups in total. The van der Waals surface area contributed by atoms with Gasteiger partial charge in [0, 0.05) is 6.54 Å². The van der Waals surface area contributed by atoms with Crippen LogP contribution in [0.1, 0.15) is 5.56 Å². The van der Waals surface area contributed by atoms with Gasteiger partial charge < -0.3 is 15.5 Å². The Morgan fingerprint density at radius 1 is 1.08 bits per heavy atom. The van der Waals surface area contributed by atoms with E-state index in [4.69, 9.17) is 28.3 Å². The molecule has 0 amide bonds. The third-order valence-corrected chi connectivity index (χ3v) is 5.38. The Bertz CT molecular complexity index is 842. The molecule has 0 radical (unpaired) electrons. The fourth-order valence-corrected chi connectivity index (χ4v) is 3.60. The summed E-state index contributed by atoms with van der Waals surface area (Å²) < 4.78 is 27.4. The van der Waals surface area contributed by atoms with Crippen LogP contribution in [0.2, 0.25) is 10.0 Å². The van der Waals surface area contributed by atoms with Gasteiger partial charge >= 0.3 is 0 Å². The van der Waals surface area contributed by atoms with Crippen molar-refractivity contribution in [3.05, 3.63) is 52.0 Å². The van der Waals surface area contributed by atoms with Gasteiger partial charge in [-0.1, -0.05) is 40.9 Å². The molecule has 2 aromatic carbocycles. The Kier molecular flexibility index (Phi) is 6.53. The van der Waals surface area contributed by atoms with Crippen molar-refractivity contribution in [3.8, 4) is 0 Å². The van der Waals surface area contributed by atoms with Gasteiger partial charge in [0.25, 0.3) is 10.0 Å². The van der Waals surface area contributed by atoms with E-state index in [1.165, 1.54) is 24.3 Å². The molecular weight excluding hydrogens is 387 g/mol. The summed E-state index contributed by atoms with van der Waals surface area (Å²) in [5.74, 6) is 0. The van der Waals surface area contributed by atoms with Gasteiger partial charge in [-0.3, -0.25) is 4.72 Å². The lowest BCUT2D eigenvalue weighted by Gasteiger charge is -2.15. The van der Waals surface area contributed by atoms with Crippen LogP contribution in [-0.2, 0) is 10.0 Å². The summed E-state index contributed by atoms with van der Waals surface area (Å²) in [6, 6.07) is 9.21. The minimum atomic E-state index is -3.81. The molecule has 6 nitrogen and oxygen atoms in total. The predicted octanol–water partition coefficient (Wildman–Crippen LogP) is 2.87. The average Bonchev–Trinajstić information content (AvgIpc) is 2.56. The Balaban J connectivity index is 2.27. The van der Waals surface area contributed by atoms with E-state index in [2.05, 4.69) is 10.0 Å². The smallest absolute Gasteiger partial charge is 0.261 e. The third-order valence-electron chi connectivity index (χ3n) is 3.37. The predicted molar refractivity (Wildman–Crippen MR) is 100 cm³/mol. The summed E-state index contributed by atoms with van der Waals surface area (Å²) in [6.07, 6.45) is -0.973. The van der Waals surface area contributed by atoms with Gasteiger partial charge in [0.15, 0.2) is 0 Å². The number of aliphatic hydroxyl groups excluding tert-OH is 2. The molecule has 0 fully saturated rings.